The number of hydrogen-bond acceptors (Lipinski definition) is 5. The first kappa shape index (κ1) is 16.5. The van der Waals surface area contributed by atoms with Gasteiger partial charge in [0.25, 0.3) is 10.0 Å². The molecule has 1 atom stereocenters. The average Bonchev–Trinajstić information content (AvgIpc) is 2.37. The van der Waals surface area contributed by atoms with Crippen molar-refractivity contribution in [1.82, 2.24) is 9.71 Å². The van der Waals surface area contributed by atoms with Gasteiger partial charge < -0.3 is 10.2 Å². The van der Waals surface area contributed by atoms with Crippen LogP contribution in [0.4, 0.5) is 0 Å². The van der Waals surface area contributed by atoms with Crippen LogP contribution in [-0.2, 0) is 10.0 Å². The lowest BCUT2D eigenvalue weighted by Crippen LogP contribution is -2.38. The number of nitrogens with one attached hydrogen (secondary N) is 1. The Balaban J connectivity index is 2.90. The van der Waals surface area contributed by atoms with Crippen LogP contribution < -0.4 is 4.72 Å². The number of aliphatic hydroxyl groups excluding tert-OH is 1. The molecule has 20 heavy (non-hydrogen) atoms. The number of pyridine rings is 1. The summed E-state index contributed by atoms with van der Waals surface area (Å²) in [4.78, 5) is 14.3. The fraction of sp³-hybridized carbons (Fsp3) is 0.500. The Morgan fingerprint density at radius 2 is 2.05 bits per heavy atom. The zero-order valence-corrected chi connectivity index (χ0v) is 12.1. The van der Waals surface area contributed by atoms with E-state index in [1.807, 2.05) is 13.8 Å². The number of aromatic carboxylic acids is 1. The van der Waals surface area contributed by atoms with Gasteiger partial charge in [0.05, 0.1) is 12.2 Å². The van der Waals surface area contributed by atoms with E-state index in [0.29, 0.717) is 6.42 Å². The van der Waals surface area contributed by atoms with E-state index in [1.165, 1.54) is 6.07 Å². The van der Waals surface area contributed by atoms with Gasteiger partial charge in [0.1, 0.15) is 0 Å². The van der Waals surface area contributed by atoms with Gasteiger partial charge in [0, 0.05) is 12.2 Å². The number of hydrogen-bond donors (Lipinski definition) is 3. The number of nitrogens with zero attached hydrogens (tertiary/aromatic N) is 1. The fourth-order valence-electron chi connectivity index (χ4n) is 1.67. The molecule has 0 aliphatic rings. The lowest BCUT2D eigenvalue weighted by atomic mass is 10.1. The number of carboxylic acids is 1. The van der Waals surface area contributed by atoms with Crippen molar-refractivity contribution in [3.05, 3.63) is 23.9 Å². The first-order valence-electron chi connectivity index (χ1n) is 6.08. The first-order chi connectivity index (χ1) is 9.26. The molecule has 112 valence electrons. The van der Waals surface area contributed by atoms with Gasteiger partial charge in [0.2, 0.25) is 0 Å². The second-order valence-electron chi connectivity index (χ2n) is 4.82. The molecule has 8 heteroatoms. The maximum absolute atomic E-state index is 12.0. The first-order valence-corrected chi connectivity index (χ1v) is 7.57. The van der Waals surface area contributed by atoms with Crippen LogP contribution in [0.25, 0.3) is 0 Å². The molecule has 1 rings (SSSR count). The maximum atomic E-state index is 12.0. The summed E-state index contributed by atoms with van der Waals surface area (Å²) in [5.41, 5.74) is -0.0927. The van der Waals surface area contributed by atoms with Crippen molar-refractivity contribution < 1.29 is 23.4 Å². The number of aliphatic hydroxyl groups is 1. The Morgan fingerprint density at radius 1 is 1.40 bits per heavy atom. The monoisotopic (exact) mass is 302 g/mol. The highest BCUT2D eigenvalue weighted by Gasteiger charge is 2.21. The molecule has 0 spiro atoms. The number of aromatic nitrogens is 1. The highest BCUT2D eigenvalue weighted by atomic mass is 32.2. The van der Waals surface area contributed by atoms with E-state index in [4.69, 9.17) is 5.11 Å². The van der Waals surface area contributed by atoms with E-state index in [2.05, 4.69) is 9.71 Å². The quantitative estimate of drug-likeness (QED) is 0.674. The SMILES string of the molecule is CC(C)CC(CO)NS(=O)(=O)c1ccc(C(=O)O)cn1. The zero-order chi connectivity index (χ0) is 15.3. The molecule has 0 aliphatic carbocycles. The topological polar surface area (TPSA) is 117 Å². The minimum Gasteiger partial charge on any atom is -0.478 e. The summed E-state index contributed by atoms with van der Waals surface area (Å²) in [6.07, 6.45) is 1.47. The number of carboxylic acid groups (broad SMARTS) is 1. The lowest BCUT2D eigenvalue weighted by Gasteiger charge is -2.17. The normalized spacial score (nSPS) is 13.4. The Morgan fingerprint density at radius 3 is 2.45 bits per heavy atom. The summed E-state index contributed by atoms with van der Waals surface area (Å²) in [6.45, 7) is 3.51. The third-order valence-corrected chi connectivity index (χ3v) is 3.99. The minimum atomic E-state index is -3.87. The van der Waals surface area contributed by atoms with Crippen LogP contribution in [0.1, 0.15) is 30.6 Å². The van der Waals surface area contributed by atoms with Crippen molar-refractivity contribution in [3.63, 3.8) is 0 Å². The molecule has 0 bridgehead atoms. The van der Waals surface area contributed by atoms with E-state index in [9.17, 15) is 18.3 Å². The smallest absolute Gasteiger partial charge is 0.337 e. The highest BCUT2D eigenvalue weighted by Crippen LogP contribution is 2.10. The van der Waals surface area contributed by atoms with E-state index in [1.54, 1.807) is 0 Å². The van der Waals surface area contributed by atoms with E-state index < -0.39 is 22.0 Å². The molecule has 1 aromatic heterocycles. The molecule has 1 heterocycles. The average molecular weight is 302 g/mol. The third kappa shape index (κ3) is 4.55. The van der Waals surface area contributed by atoms with Crippen LogP contribution in [-0.4, -0.2) is 42.2 Å². The van der Waals surface area contributed by atoms with Crippen LogP contribution in [0.15, 0.2) is 23.4 Å². The molecule has 0 aromatic carbocycles. The minimum absolute atomic E-state index is 0.0927. The standard InChI is InChI=1S/C12H18N2O5S/c1-8(2)5-10(7-15)14-20(18,19)11-4-3-9(6-13-11)12(16)17/h3-4,6,8,10,14-15H,5,7H2,1-2H3,(H,16,17). The molecule has 0 radical (unpaired) electrons. The number of rotatable bonds is 7. The van der Waals surface area contributed by atoms with Gasteiger partial charge in [-0.1, -0.05) is 13.8 Å². The van der Waals surface area contributed by atoms with Crippen LogP contribution in [0.3, 0.4) is 0 Å². The van der Waals surface area contributed by atoms with Crippen molar-refractivity contribution in [1.29, 1.82) is 0 Å². The van der Waals surface area contributed by atoms with Crippen LogP contribution in [0.2, 0.25) is 0 Å². The molecule has 0 saturated heterocycles. The molecule has 0 amide bonds. The second kappa shape index (κ2) is 6.78. The predicted octanol–water partition coefficient (Wildman–Crippen LogP) is 0.465. The van der Waals surface area contributed by atoms with E-state index >= 15 is 0 Å². The van der Waals surface area contributed by atoms with E-state index in [0.717, 1.165) is 12.3 Å². The van der Waals surface area contributed by atoms with Gasteiger partial charge in [-0.2, -0.15) is 0 Å². The Hall–Kier alpha value is -1.51. The molecule has 1 aromatic rings. The summed E-state index contributed by atoms with van der Waals surface area (Å²) < 4.78 is 26.4. The van der Waals surface area contributed by atoms with Gasteiger partial charge in [-0.05, 0) is 24.5 Å². The van der Waals surface area contributed by atoms with Crippen molar-refractivity contribution >= 4 is 16.0 Å². The van der Waals surface area contributed by atoms with Crippen LogP contribution in [0, 0.1) is 5.92 Å². The second-order valence-corrected chi connectivity index (χ2v) is 6.48. The molecule has 1 unspecified atom stereocenters. The highest BCUT2D eigenvalue weighted by molar-refractivity contribution is 7.89. The Kier molecular flexibility index (Phi) is 5.61. The summed E-state index contributed by atoms with van der Waals surface area (Å²) >= 11 is 0. The molecule has 0 fully saturated rings. The van der Waals surface area contributed by atoms with Gasteiger partial charge in [-0.15, -0.1) is 0 Å². The van der Waals surface area contributed by atoms with Crippen molar-refractivity contribution in [2.45, 2.75) is 31.3 Å². The predicted molar refractivity (Wildman–Crippen MR) is 71.8 cm³/mol. The van der Waals surface area contributed by atoms with Crippen molar-refractivity contribution in [2.24, 2.45) is 5.92 Å². The molecular formula is C12H18N2O5S. The third-order valence-electron chi connectivity index (χ3n) is 2.56. The Bertz CT molecular complexity index is 554. The van der Waals surface area contributed by atoms with Gasteiger partial charge in [-0.25, -0.2) is 22.9 Å². The molecule has 0 saturated carbocycles. The molecule has 0 aliphatic heterocycles. The molecular weight excluding hydrogens is 284 g/mol. The van der Waals surface area contributed by atoms with Gasteiger partial charge in [-0.3, -0.25) is 0 Å². The fourth-order valence-corrected chi connectivity index (χ4v) is 2.84. The van der Waals surface area contributed by atoms with Crippen molar-refractivity contribution in [2.75, 3.05) is 6.61 Å². The van der Waals surface area contributed by atoms with Crippen LogP contribution in [0.5, 0.6) is 0 Å². The number of carbonyl (C=O) groups is 1. The summed E-state index contributed by atoms with van der Waals surface area (Å²) in [5, 5.41) is 17.6. The largest absolute Gasteiger partial charge is 0.478 e. The van der Waals surface area contributed by atoms with Crippen molar-refractivity contribution in [3.8, 4) is 0 Å². The van der Waals surface area contributed by atoms with E-state index in [-0.39, 0.29) is 23.1 Å². The maximum Gasteiger partial charge on any atom is 0.337 e. The zero-order valence-electron chi connectivity index (χ0n) is 11.3. The summed E-state index contributed by atoms with van der Waals surface area (Å²) in [6, 6.07) is 1.69. The number of sulfonamides is 1. The Labute approximate surface area is 117 Å². The summed E-state index contributed by atoms with van der Waals surface area (Å²) in [5.74, 6) is -0.959. The van der Waals surface area contributed by atoms with Crippen LogP contribution >= 0.6 is 0 Å². The van der Waals surface area contributed by atoms with Gasteiger partial charge in [0.15, 0.2) is 5.03 Å². The van der Waals surface area contributed by atoms with Gasteiger partial charge >= 0.3 is 5.97 Å². The molecule has 3 N–H and O–H groups in total. The lowest BCUT2D eigenvalue weighted by molar-refractivity contribution is 0.0696. The summed E-state index contributed by atoms with van der Waals surface area (Å²) in [7, 11) is -3.87. The molecule has 7 nitrogen and oxygen atoms in total.